The average molecular weight is 284 g/mol. The largest absolute Gasteiger partial charge is 0.396 e. The van der Waals surface area contributed by atoms with Crippen LogP contribution >= 0.6 is 11.3 Å². The standard InChI is InChI=1S/C13H20N2O3S/c1-9(5-3-7-16)14-12(17)10(2)15-13(18)11-6-4-8-19-11/h4,6,8-10,16H,3,5,7H2,1-2H3,(H,14,17)(H,15,18). The summed E-state index contributed by atoms with van der Waals surface area (Å²) in [5.41, 5.74) is 0. The molecule has 19 heavy (non-hydrogen) atoms. The Labute approximate surface area is 117 Å². The third kappa shape index (κ3) is 5.40. The maximum atomic E-state index is 11.8. The second-order valence-electron chi connectivity index (χ2n) is 4.45. The number of hydrogen-bond donors (Lipinski definition) is 3. The molecule has 0 saturated heterocycles. The van der Waals surface area contributed by atoms with E-state index in [4.69, 9.17) is 5.11 Å². The van der Waals surface area contributed by atoms with Crippen molar-refractivity contribution in [3.05, 3.63) is 22.4 Å². The zero-order valence-electron chi connectivity index (χ0n) is 11.2. The van der Waals surface area contributed by atoms with Crippen molar-refractivity contribution in [3.63, 3.8) is 0 Å². The van der Waals surface area contributed by atoms with Crippen molar-refractivity contribution in [2.24, 2.45) is 0 Å². The molecule has 0 fully saturated rings. The smallest absolute Gasteiger partial charge is 0.261 e. The van der Waals surface area contributed by atoms with Gasteiger partial charge in [0.05, 0.1) is 4.88 Å². The van der Waals surface area contributed by atoms with Gasteiger partial charge in [0.2, 0.25) is 5.91 Å². The highest BCUT2D eigenvalue weighted by Gasteiger charge is 2.18. The van der Waals surface area contributed by atoms with E-state index in [-0.39, 0.29) is 24.5 Å². The van der Waals surface area contributed by atoms with Gasteiger partial charge in [-0.1, -0.05) is 6.07 Å². The van der Waals surface area contributed by atoms with E-state index in [1.165, 1.54) is 11.3 Å². The number of amides is 2. The molecule has 2 unspecified atom stereocenters. The molecule has 0 bridgehead atoms. The fourth-order valence-electron chi connectivity index (χ4n) is 1.58. The minimum Gasteiger partial charge on any atom is -0.396 e. The highest BCUT2D eigenvalue weighted by molar-refractivity contribution is 7.12. The van der Waals surface area contributed by atoms with E-state index in [0.29, 0.717) is 17.7 Å². The monoisotopic (exact) mass is 284 g/mol. The molecule has 1 aromatic heterocycles. The molecule has 1 aromatic rings. The van der Waals surface area contributed by atoms with Crippen molar-refractivity contribution >= 4 is 23.2 Å². The fourth-order valence-corrected chi connectivity index (χ4v) is 2.21. The molecule has 1 rings (SSSR count). The molecule has 6 heteroatoms. The summed E-state index contributed by atoms with van der Waals surface area (Å²) in [6, 6.07) is 2.92. The van der Waals surface area contributed by atoms with Gasteiger partial charge >= 0.3 is 0 Å². The minimum absolute atomic E-state index is 0.0132. The second-order valence-corrected chi connectivity index (χ2v) is 5.40. The fraction of sp³-hybridized carbons (Fsp3) is 0.538. The second kappa shape index (κ2) is 7.91. The van der Waals surface area contributed by atoms with E-state index in [2.05, 4.69) is 10.6 Å². The van der Waals surface area contributed by atoms with Crippen molar-refractivity contribution in [2.75, 3.05) is 6.61 Å². The molecule has 0 aliphatic heterocycles. The number of aliphatic hydroxyl groups is 1. The first kappa shape index (κ1) is 15.7. The topological polar surface area (TPSA) is 78.4 Å². The number of hydrogen-bond acceptors (Lipinski definition) is 4. The first-order valence-corrected chi connectivity index (χ1v) is 7.18. The molecule has 2 atom stereocenters. The zero-order valence-corrected chi connectivity index (χ0v) is 12.0. The highest BCUT2D eigenvalue weighted by atomic mass is 32.1. The molecule has 0 spiro atoms. The lowest BCUT2D eigenvalue weighted by Crippen LogP contribution is -2.47. The van der Waals surface area contributed by atoms with Crippen LogP contribution in [0.15, 0.2) is 17.5 Å². The van der Waals surface area contributed by atoms with Gasteiger partial charge in [-0.05, 0) is 38.1 Å². The SMILES string of the molecule is CC(CCCO)NC(=O)C(C)NC(=O)c1cccs1. The molecule has 0 aliphatic rings. The van der Waals surface area contributed by atoms with E-state index in [0.717, 1.165) is 0 Å². The Kier molecular flexibility index (Phi) is 6.52. The van der Waals surface area contributed by atoms with E-state index < -0.39 is 6.04 Å². The van der Waals surface area contributed by atoms with Crippen molar-refractivity contribution in [1.29, 1.82) is 0 Å². The lowest BCUT2D eigenvalue weighted by Gasteiger charge is -2.18. The van der Waals surface area contributed by atoms with Crippen LogP contribution in [0.5, 0.6) is 0 Å². The van der Waals surface area contributed by atoms with Gasteiger partial charge in [0.1, 0.15) is 6.04 Å². The predicted octanol–water partition coefficient (Wildman–Crippen LogP) is 1.14. The Balaban J connectivity index is 2.38. The quantitative estimate of drug-likeness (QED) is 0.702. The van der Waals surface area contributed by atoms with Crippen LogP contribution in [0.1, 0.15) is 36.4 Å². The van der Waals surface area contributed by atoms with Crippen molar-refractivity contribution in [3.8, 4) is 0 Å². The number of carbonyl (C=O) groups excluding carboxylic acids is 2. The minimum atomic E-state index is -0.578. The Hall–Kier alpha value is -1.40. The van der Waals surface area contributed by atoms with Gasteiger partial charge in [-0.25, -0.2) is 0 Å². The van der Waals surface area contributed by atoms with Gasteiger partial charge in [0.25, 0.3) is 5.91 Å². The average Bonchev–Trinajstić information content (AvgIpc) is 2.90. The number of aliphatic hydroxyl groups excluding tert-OH is 1. The summed E-state index contributed by atoms with van der Waals surface area (Å²) in [4.78, 5) is 24.2. The Bertz CT molecular complexity index is 406. The van der Waals surface area contributed by atoms with Crippen molar-refractivity contribution in [2.45, 2.75) is 38.8 Å². The van der Waals surface area contributed by atoms with E-state index in [1.807, 2.05) is 12.3 Å². The van der Waals surface area contributed by atoms with Gasteiger partial charge in [0, 0.05) is 12.6 Å². The molecule has 5 nitrogen and oxygen atoms in total. The van der Waals surface area contributed by atoms with Crippen LogP contribution in [-0.4, -0.2) is 35.6 Å². The third-order valence-electron chi connectivity index (χ3n) is 2.67. The van der Waals surface area contributed by atoms with Crippen LogP contribution in [0.25, 0.3) is 0 Å². The summed E-state index contributed by atoms with van der Waals surface area (Å²) in [6.45, 7) is 3.64. The molecular formula is C13H20N2O3S. The van der Waals surface area contributed by atoms with E-state index in [1.54, 1.807) is 19.1 Å². The normalized spacial score (nSPS) is 13.6. The first-order chi connectivity index (χ1) is 9.04. The number of thiophene rings is 1. The molecule has 1 heterocycles. The maximum Gasteiger partial charge on any atom is 0.261 e. The van der Waals surface area contributed by atoms with Crippen molar-refractivity contribution in [1.82, 2.24) is 10.6 Å². The third-order valence-corrected chi connectivity index (χ3v) is 3.54. The van der Waals surface area contributed by atoms with Crippen LogP contribution in [0.4, 0.5) is 0 Å². The van der Waals surface area contributed by atoms with E-state index in [9.17, 15) is 9.59 Å². The Morgan fingerprint density at radius 3 is 2.68 bits per heavy atom. The van der Waals surface area contributed by atoms with Crippen LogP contribution < -0.4 is 10.6 Å². The lowest BCUT2D eigenvalue weighted by atomic mass is 10.2. The van der Waals surface area contributed by atoms with Crippen LogP contribution in [-0.2, 0) is 4.79 Å². The molecule has 0 radical (unpaired) electrons. The number of carbonyl (C=O) groups is 2. The van der Waals surface area contributed by atoms with Gasteiger partial charge in [-0.2, -0.15) is 0 Å². The summed E-state index contributed by atoms with van der Waals surface area (Å²) >= 11 is 1.34. The van der Waals surface area contributed by atoms with Crippen LogP contribution in [0.2, 0.25) is 0 Å². The highest BCUT2D eigenvalue weighted by Crippen LogP contribution is 2.08. The molecule has 3 N–H and O–H groups in total. The van der Waals surface area contributed by atoms with Crippen molar-refractivity contribution < 1.29 is 14.7 Å². The predicted molar refractivity (Wildman–Crippen MR) is 75.2 cm³/mol. The Morgan fingerprint density at radius 2 is 2.11 bits per heavy atom. The summed E-state index contributed by atoms with van der Waals surface area (Å²) < 4.78 is 0. The molecule has 0 aromatic carbocycles. The summed E-state index contributed by atoms with van der Waals surface area (Å²) in [5, 5.41) is 16.0. The number of nitrogens with one attached hydrogen (secondary N) is 2. The maximum absolute atomic E-state index is 11.8. The lowest BCUT2D eigenvalue weighted by molar-refractivity contribution is -0.123. The van der Waals surface area contributed by atoms with Crippen LogP contribution in [0.3, 0.4) is 0 Å². The number of rotatable bonds is 7. The van der Waals surface area contributed by atoms with Gasteiger partial charge in [0.15, 0.2) is 0 Å². The van der Waals surface area contributed by atoms with Gasteiger partial charge in [-0.3, -0.25) is 9.59 Å². The molecular weight excluding hydrogens is 264 g/mol. The Morgan fingerprint density at radius 1 is 1.37 bits per heavy atom. The summed E-state index contributed by atoms with van der Waals surface area (Å²) in [7, 11) is 0. The summed E-state index contributed by atoms with van der Waals surface area (Å²) in [5.74, 6) is -0.448. The van der Waals surface area contributed by atoms with E-state index >= 15 is 0 Å². The van der Waals surface area contributed by atoms with Gasteiger partial charge < -0.3 is 15.7 Å². The zero-order chi connectivity index (χ0) is 14.3. The molecule has 0 saturated carbocycles. The molecule has 2 amide bonds. The van der Waals surface area contributed by atoms with Crippen LogP contribution in [0, 0.1) is 0 Å². The summed E-state index contributed by atoms with van der Waals surface area (Å²) in [6.07, 6.45) is 1.37. The molecule has 0 aliphatic carbocycles. The van der Waals surface area contributed by atoms with Gasteiger partial charge in [-0.15, -0.1) is 11.3 Å². The molecule has 106 valence electrons. The first-order valence-electron chi connectivity index (χ1n) is 6.30.